The number of carbonyl (C=O) groups excluding carboxylic acids is 2. The quantitative estimate of drug-likeness (QED) is 0.276. The summed E-state index contributed by atoms with van der Waals surface area (Å²) in [6.07, 6.45) is 2.64. The number of nitro benzene ring substituents is 1. The fourth-order valence-electron chi connectivity index (χ4n) is 3.19. The number of esters is 1. The van der Waals surface area contributed by atoms with E-state index in [-0.39, 0.29) is 5.69 Å². The van der Waals surface area contributed by atoms with Crippen LogP contribution in [0.3, 0.4) is 0 Å². The van der Waals surface area contributed by atoms with Crippen molar-refractivity contribution < 1.29 is 24.0 Å². The lowest BCUT2D eigenvalue weighted by molar-refractivity contribution is -0.384. The fraction of sp³-hybridized carbons (Fsp3) is 0.304. The SMILES string of the molecule is O=C(COC(=O)C=Cc1ccc([N+](=O)[O-])cc1)NCc1ccccc1CN1CCOCC1. The number of hydrogen-bond donors (Lipinski definition) is 1. The predicted octanol–water partition coefficient (Wildman–Crippen LogP) is 2.30. The Morgan fingerprint density at radius 3 is 2.47 bits per heavy atom. The van der Waals surface area contributed by atoms with E-state index < -0.39 is 23.4 Å². The molecule has 0 spiro atoms. The summed E-state index contributed by atoms with van der Waals surface area (Å²) in [5.74, 6) is -1.07. The Morgan fingerprint density at radius 1 is 1.09 bits per heavy atom. The van der Waals surface area contributed by atoms with Crippen molar-refractivity contribution in [2.45, 2.75) is 13.1 Å². The molecule has 0 saturated carbocycles. The summed E-state index contributed by atoms with van der Waals surface area (Å²) in [7, 11) is 0. The van der Waals surface area contributed by atoms with E-state index in [1.807, 2.05) is 24.3 Å². The van der Waals surface area contributed by atoms with Crippen molar-refractivity contribution in [2.75, 3.05) is 32.9 Å². The van der Waals surface area contributed by atoms with E-state index in [1.54, 1.807) is 0 Å². The molecule has 9 nitrogen and oxygen atoms in total. The van der Waals surface area contributed by atoms with Gasteiger partial charge in [0.05, 0.1) is 18.1 Å². The standard InChI is InChI=1S/C23H25N3O6/c27-22(17-32-23(28)10-7-18-5-8-21(9-6-18)26(29)30)24-15-19-3-1-2-4-20(19)16-25-11-13-31-14-12-25/h1-10H,11-17H2,(H,24,27). The van der Waals surface area contributed by atoms with E-state index in [9.17, 15) is 19.7 Å². The molecule has 0 aromatic heterocycles. The first-order chi connectivity index (χ1) is 15.5. The Bertz CT molecular complexity index is 968. The summed E-state index contributed by atoms with van der Waals surface area (Å²) in [6, 6.07) is 13.6. The molecule has 0 radical (unpaired) electrons. The van der Waals surface area contributed by atoms with Crippen LogP contribution in [-0.2, 0) is 32.2 Å². The highest BCUT2D eigenvalue weighted by atomic mass is 16.6. The van der Waals surface area contributed by atoms with Gasteiger partial charge in [-0.3, -0.25) is 19.8 Å². The number of carbonyl (C=O) groups is 2. The molecule has 2 aromatic carbocycles. The molecule has 0 bridgehead atoms. The number of ether oxygens (including phenoxy) is 2. The molecular weight excluding hydrogens is 414 g/mol. The van der Waals surface area contributed by atoms with Gasteiger partial charge in [-0.1, -0.05) is 24.3 Å². The highest BCUT2D eigenvalue weighted by Crippen LogP contribution is 2.14. The summed E-state index contributed by atoms with van der Waals surface area (Å²) in [5.41, 5.74) is 2.72. The Balaban J connectivity index is 1.43. The Kier molecular flexibility index (Phi) is 8.47. The third-order valence-corrected chi connectivity index (χ3v) is 4.95. The van der Waals surface area contributed by atoms with Gasteiger partial charge in [0.1, 0.15) is 0 Å². The van der Waals surface area contributed by atoms with Gasteiger partial charge in [0, 0.05) is 44.4 Å². The molecular formula is C23H25N3O6. The monoisotopic (exact) mass is 439 g/mol. The number of morpholine rings is 1. The summed E-state index contributed by atoms with van der Waals surface area (Å²) in [4.78, 5) is 36.4. The Hall–Kier alpha value is -3.56. The first-order valence-corrected chi connectivity index (χ1v) is 10.2. The number of rotatable bonds is 9. The maximum Gasteiger partial charge on any atom is 0.331 e. The zero-order valence-electron chi connectivity index (χ0n) is 17.6. The number of non-ortho nitro benzene ring substituents is 1. The smallest absolute Gasteiger partial charge is 0.331 e. The van der Waals surface area contributed by atoms with E-state index in [0.29, 0.717) is 12.1 Å². The first kappa shape index (κ1) is 23.1. The third kappa shape index (κ3) is 7.29. The van der Waals surface area contributed by atoms with Crippen LogP contribution in [0, 0.1) is 10.1 Å². The molecule has 1 heterocycles. The molecule has 1 aliphatic heterocycles. The van der Waals surface area contributed by atoms with Crippen LogP contribution in [0.25, 0.3) is 6.08 Å². The van der Waals surface area contributed by atoms with Crippen molar-refractivity contribution in [3.05, 3.63) is 81.4 Å². The molecule has 3 rings (SSSR count). The first-order valence-electron chi connectivity index (χ1n) is 10.2. The van der Waals surface area contributed by atoms with Gasteiger partial charge in [0.2, 0.25) is 0 Å². The molecule has 1 amide bonds. The van der Waals surface area contributed by atoms with Gasteiger partial charge in [-0.15, -0.1) is 0 Å². The topological polar surface area (TPSA) is 111 Å². The number of nitro groups is 1. The van der Waals surface area contributed by atoms with Crippen LogP contribution >= 0.6 is 0 Å². The number of nitrogens with one attached hydrogen (secondary N) is 1. The number of hydrogen-bond acceptors (Lipinski definition) is 7. The highest BCUT2D eigenvalue weighted by molar-refractivity contribution is 5.89. The Labute approximate surface area is 185 Å². The fourth-order valence-corrected chi connectivity index (χ4v) is 3.19. The zero-order valence-corrected chi connectivity index (χ0v) is 17.6. The minimum atomic E-state index is -0.675. The van der Waals surface area contributed by atoms with Crippen LogP contribution < -0.4 is 5.32 Å². The van der Waals surface area contributed by atoms with Crippen LogP contribution in [0.4, 0.5) is 5.69 Å². The number of benzene rings is 2. The third-order valence-electron chi connectivity index (χ3n) is 4.95. The molecule has 0 aliphatic carbocycles. The van der Waals surface area contributed by atoms with Crippen molar-refractivity contribution >= 4 is 23.6 Å². The van der Waals surface area contributed by atoms with Gasteiger partial charge < -0.3 is 14.8 Å². The molecule has 1 N–H and O–H groups in total. The summed E-state index contributed by atoms with van der Waals surface area (Å²) in [5, 5.41) is 13.4. The van der Waals surface area contributed by atoms with E-state index in [4.69, 9.17) is 9.47 Å². The minimum absolute atomic E-state index is 0.0343. The van der Waals surface area contributed by atoms with E-state index in [2.05, 4.69) is 10.2 Å². The van der Waals surface area contributed by atoms with Gasteiger partial charge in [0.25, 0.3) is 11.6 Å². The van der Waals surface area contributed by atoms with Gasteiger partial charge in [-0.05, 0) is 34.9 Å². The van der Waals surface area contributed by atoms with Crippen LogP contribution in [-0.4, -0.2) is 54.6 Å². The van der Waals surface area contributed by atoms with Crippen LogP contribution in [0.2, 0.25) is 0 Å². The van der Waals surface area contributed by atoms with E-state index >= 15 is 0 Å². The van der Waals surface area contributed by atoms with Crippen molar-refractivity contribution in [3.63, 3.8) is 0 Å². The lowest BCUT2D eigenvalue weighted by atomic mass is 10.1. The molecule has 168 valence electrons. The van der Waals surface area contributed by atoms with Gasteiger partial charge in [0.15, 0.2) is 6.61 Å². The maximum absolute atomic E-state index is 12.1. The van der Waals surface area contributed by atoms with Crippen LogP contribution in [0.15, 0.2) is 54.6 Å². The normalized spacial score (nSPS) is 14.2. The zero-order chi connectivity index (χ0) is 22.8. The average molecular weight is 439 g/mol. The van der Waals surface area contributed by atoms with E-state index in [0.717, 1.165) is 44.0 Å². The van der Waals surface area contributed by atoms with Crippen molar-refractivity contribution in [2.24, 2.45) is 0 Å². The molecule has 1 fully saturated rings. The van der Waals surface area contributed by atoms with Gasteiger partial charge in [-0.2, -0.15) is 0 Å². The van der Waals surface area contributed by atoms with Crippen LogP contribution in [0.5, 0.6) is 0 Å². The number of nitrogens with zero attached hydrogens (tertiary/aromatic N) is 2. The summed E-state index contributed by atoms with van der Waals surface area (Å²) < 4.78 is 10.3. The summed E-state index contributed by atoms with van der Waals surface area (Å²) >= 11 is 0. The lowest BCUT2D eigenvalue weighted by Crippen LogP contribution is -2.36. The molecule has 1 aliphatic rings. The average Bonchev–Trinajstić information content (AvgIpc) is 2.81. The Morgan fingerprint density at radius 2 is 1.78 bits per heavy atom. The second-order valence-corrected chi connectivity index (χ2v) is 7.22. The molecule has 1 saturated heterocycles. The summed E-state index contributed by atoms with van der Waals surface area (Å²) in [6.45, 7) is 3.95. The predicted molar refractivity (Wildman–Crippen MR) is 117 cm³/mol. The second kappa shape index (κ2) is 11.7. The molecule has 2 aromatic rings. The van der Waals surface area contributed by atoms with Crippen LogP contribution in [0.1, 0.15) is 16.7 Å². The molecule has 9 heteroatoms. The largest absolute Gasteiger partial charge is 0.452 e. The highest BCUT2D eigenvalue weighted by Gasteiger charge is 2.13. The second-order valence-electron chi connectivity index (χ2n) is 7.22. The number of amides is 1. The van der Waals surface area contributed by atoms with Gasteiger partial charge >= 0.3 is 5.97 Å². The minimum Gasteiger partial charge on any atom is -0.452 e. The van der Waals surface area contributed by atoms with Crippen molar-refractivity contribution in [1.82, 2.24) is 10.2 Å². The van der Waals surface area contributed by atoms with Crippen molar-refractivity contribution in [3.8, 4) is 0 Å². The van der Waals surface area contributed by atoms with Crippen molar-refractivity contribution in [1.29, 1.82) is 0 Å². The maximum atomic E-state index is 12.1. The molecule has 0 unspecified atom stereocenters. The van der Waals surface area contributed by atoms with Gasteiger partial charge in [-0.25, -0.2) is 4.79 Å². The van der Waals surface area contributed by atoms with E-state index in [1.165, 1.54) is 36.4 Å². The lowest BCUT2D eigenvalue weighted by Gasteiger charge is -2.27. The molecule has 32 heavy (non-hydrogen) atoms. The molecule has 0 atom stereocenters.